The van der Waals surface area contributed by atoms with E-state index in [2.05, 4.69) is 0 Å². The van der Waals surface area contributed by atoms with Crippen LogP contribution in [-0.4, -0.2) is 17.5 Å². The third kappa shape index (κ3) is 82.5. The molecule has 0 radical (unpaired) electrons. The molecule has 0 atom stereocenters. The molecule has 0 aromatic heterocycles. The quantitative estimate of drug-likeness (QED) is 0.192. The van der Waals surface area contributed by atoms with Gasteiger partial charge in [0, 0.05) is 10.4 Å². The van der Waals surface area contributed by atoms with Crippen molar-refractivity contribution >= 4 is 10.4 Å². The van der Waals surface area contributed by atoms with Crippen molar-refractivity contribution in [1.82, 2.24) is 0 Å². The van der Waals surface area contributed by atoms with Gasteiger partial charge in [0.05, 0.1) is 0 Å². The van der Waals surface area contributed by atoms with Gasteiger partial charge >= 0.3 is 88.7 Å². The number of halogens is 1. The normalized spacial score (nSPS) is 6.44. The molecule has 0 amide bonds. The van der Waals surface area contributed by atoms with Crippen molar-refractivity contribution in [2.45, 2.75) is 0 Å². The summed E-state index contributed by atoms with van der Waals surface area (Å²) in [6.07, 6.45) is 0. The topological polar surface area (TPSA) is 80.3 Å². The van der Waals surface area contributed by atoms with Gasteiger partial charge in [-0.2, -0.15) is 0 Å². The average Bonchev–Trinajstić information content (AvgIpc) is 0.722. The third-order valence-electron chi connectivity index (χ3n) is 0. The van der Waals surface area contributed by atoms with Crippen molar-refractivity contribution in [1.29, 1.82) is 0 Å². The summed E-state index contributed by atoms with van der Waals surface area (Å²) in [5.74, 6) is 0. The van der Waals surface area contributed by atoms with Gasteiger partial charge in [0.25, 0.3) is 0 Å². The zero-order chi connectivity index (χ0) is 4.50. The molecule has 0 heterocycles. The first-order valence-electron chi connectivity index (χ1n) is 0.667. The van der Waals surface area contributed by atoms with Crippen molar-refractivity contribution in [2.75, 3.05) is 0 Å². The van der Waals surface area contributed by atoms with E-state index in [0.717, 1.165) is 0 Å². The van der Waals surface area contributed by atoms with Gasteiger partial charge in [-0.1, -0.05) is 0 Å². The summed E-state index contributed by atoms with van der Waals surface area (Å²) in [5, 5.41) is 0. The SMILES string of the molecule is O=S(=O)([O-])[O-].[I-].[Na+].[Na+].[Na+]. The molecule has 0 rings (SSSR count). The summed E-state index contributed by atoms with van der Waals surface area (Å²) >= 11 is 0. The molecule has 0 saturated carbocycles. The van der Waals surface area contributed by atoms with Crippen LogP contribution in [0.3, 0.4) is 0 Å². The molecule has 0 spiro atoms. The third-order valence-corrected chi connectivity index (χ3v) is 0. The Hall–Kier alpha value is 3.60. The van der Waals surface area contributed by atoms with E-state index in [1.54, 1.807) is 0 Å². The summed E-state index contributed by atoms with van der Waals surface area (Å²) in [6.45, 7) is 0. The molecule has 0 aromatic rings. The average molecular weight is 292 g/mol. The fraction of sp³-hybridized carbons (Fsp3) is 0. The molecular formula is INa3O4S. The molecule has 0 aliphatic rings. The van der Waals surface area contributed by atoms with Crippen LogP contribution >= 0.6 is 0 Å². The van der Waals surface area contributed by atoms with Crippen LogP contribution in [0.2, 0.25) is 0 Å². The second kappa shape index (κ2) is 14.1. The minimum absolute atomic E-state index is 0. The van der Waals surface area contributed by atoms with Crippen molar-refractivity contribution in [2.24, 2.45) is 0 Å². The maximum Gasteiger partial charge on any atom is 1.00 e. The molecule has 0 N–H and O–H groups in total. The van der Waals surface area contributed by atoms with Crippen LogP contribution in [-0.2, 0) is 10.4 Å². The minimum atomic E-state index is -5.17. The van der Waals surface area contributed by atoms with Crippen LogP contribution < -0.4 is 113 Å². The fourth-order valence-corrected chi connectivity index (χ4v) is 0. The van der Waals surface area contributed by atoms with Gasteiger partial charge < -0.3 is 33.1 Å². The molecule has 0 aliphatic carbocycles. The second-order valence-electron chi connectivity index (χ2n) is 0.408. The van der Waals surface area contributed by atoms with Crippen LogP contribution in [0.25, 0.3) is 0 Å². The Balaban J connectivity index is -0.0000000133. The van der Waals surface area contributed by atoms with E-state index in [1.165, 1.54) is 0 Å². The minimum Gasteiger partial charge on any atom is -1.00 e. The Bertz CT molecular complexity index is 99.0. The molecule has 0 aromatic carbocycles. The molecule has 0 aliphatic heterocycles. The van der Waals surface area contributed by atoms with Gasteiger partial charge in [0.1, 0.15) is 0 Å². The van der Waals surface area contributed by atoms with Crippen LogP contribution in [0.15, 0.2) is 0 Å². The fourth-order valence-electron chi connectivity index (χ4n) is 0. The number of hydrogen-bond acceptors (Lipinski definition) is 4. The van der Waals surface area contributed by atoms with E-state index in [9.17, 15) is 0 Å². The van der Waals surface area contributed by atoms with Crippen molar-refractivity contribution in [3.63, 3.8) is 0 Å². The summed E-state index contributed by atoms with van der Waals surface area (Å²) < 4.78 is 34.1. The van der Waals surface area contributed by atoms with Crippen LogP contribution in [0, 0.1) is 0 Å². The Morgan fingerprint density at radius 1 is 0.889 bits per heavy atom. The smallest absolute Gasteiger partial charge is 1.00 e. The molecule has 4 nitrogen and oxygen atoms in total. The van der Waals surface area contributed by atoms with Gasteiger partial charge in [-0.05, 0) is 0 Å². The predicted molar refractivity (Wildman–Crippen MR) is 10.5 cm³/mol. The first-order chi connectivity index (χ1) is 2.00. The molecule has 9 heavy (non-hydrogen) atoms. The van der Waals surface area contributed by atoms with E-state index in [1.807, 2.05) is 0 Å². The molecule has 0 bridgehead atoms. The van der Waals surface area contributed by atoms with Gasteiger partial charge in [-0.25, -0.2) is 0 Å². The largest absolute Gasteiger partial charge is 1.00 e. The first kappa shape index (κ1) is 29.4. The number of rotatable bonds is 0. The van der Waals surface area contributed by atoms with E-state index in [4.69, 9.17) is 17.5 Å². The number of hydrogen-bond donors (Lipinski definition) is 0. The standard InChI is InChI=1S/HI.3Na.H2O4S/c;;;;1-5(2,3)4/h1H;;;;(H2,1,2,3,4)/q;3*+1;/p-3. The summed E-state index contributed by atoms with van der Waals surface area (Å²) in [6, 6.07) is 0. The van der Waals surface area contributed by atoms with Crippen molar-refractivity contribution < 1.29 is 130 Å². The van der Waals surface area contributed by atoms with Crippen molar-refractivity contribution in [3.05, 3.63) is 0 Å². The van der Waals surface area contributed by atoms with E-state index in [-0.39, 0.29) is 113 Å². The second-order valence-corrected chi connectivity index (χ2v) is 1.22. The Morgan fingerprint density at radius 2 is 0.889 bits per heavy atom. The van der Waals surface area contributed by atoms with E-state index < -0.39 is 10.4 Å². The molecule has 40 valence electrons. The molecule has 9 heteroatoms. The summed E-state index contributed by atoms with van der Waals surface area (Å²) in [5.41, 5.74) is 0. The van der Waals surface area contributed by atoms with Crippen LogP contribution in [0.4, 0.5) is 0 Å². The Labute approximate surface area is 137 Å². The van der Waals surface area contributed by atoms with Crippen LogP contribution in [0.5, 0.6) is 0 Å². The first-order valence-corrected chi connectivity index (χ1v) is 2.00. The van der Waals surface area contributed by atoms with Crippen molar-refractivity contribution in [3.8, 4) is 0 Å². The molecule has 0 fully saturated rings. The van der Waals surface area contributed by atoms with Gasteiger partial charge in [0.15, 0.2) is 0 Å². The van der Waals surface area contributed by atoms with E-state index >= 15 is 0 Å². The zero-order valence-electron chi connectivity index (χ0n) is 5.42. The van der Waals surface area contributed by atoms with E-state index in [0.29, 0.717) is 0 Å². The maximum absolute atomic E-state index is 8.52. The van der Waals surface area contributed by atoms with Gasteiger partial charge in [0.2, 0.25) is 0 Å². The monoisotopic (exact) mass is 292 g/mol. The Morgan fingerprint density at radius 3 is 0.889 bits per heavy atom. The molecular weight excluding hydrogens is 292 g/mol. The molecule has 0 unspecified atom stereocenters. The predicted octanol–water partition coefficient (Wildman–Crippen LogP) is -13.3. The summed E-state index contributed by atoms with van der Waals surface area (Å²) in [7, 11) is -5.17. The van der Waals surface area contributed by atoms with Gasteiger partial charge in [-0.3, -0.25) is 8.42 Å². The summed E-state index contributed by atoms with van der Waals surface area (Å²) in [4.78, 5) is 0. The van der Waals surface area contributed by atoms with Crippen LogP contribution in [0.1, 0.15) is 0 Å². The molecule has 0 saturated heterocycles. The maximum atomic E-state index is 8.52. The Kier molecular flexibility index (Phi) is 46.1. The van der Waals surface area contributed by atoms with Gasteiger partial charge in [-0.15, -0.1) is 0 Å². The zero-order valence-corrected chi connectivity index (χ0v) is 14.4.